The Hall–Kier alpha value is -4.24. The lowest BCUT2D eigenvalue weighted by molar-refractivity contribution is 0.0919. The maximum Gasteiger partial charge on any atom is 0.410 e. The van der Waals surface area contributed by atoms with Crippen molar-refractivity contribution < 1.29 is 28.6 Å². The molecule has 0 aliphatic carbocycles. The normalized spacial score (nSPS) is 17.5. The number of urea groups is 1. The largest absolute Gasteiger partial charge is 0.487 e. The van der Waals surface area contributed by atoms with Crippen molar-refractivity contribution in [2.45, 2.75) is 45.4 Å². The average Bonchev–Trinajstić information content (AvgIpc) is 3.20. The summed E-state index contributed by atoms with van der Waals surface area (Å²) in [6.07, 6.45) is 2.56. The van der Waals surface area contributed by atoms with Crippen LogP contribution >= 0.6 is 0 Å². The van der Waals surface area contributed by atoms with Crippen molar-refractivity contribution in [3.05, 3.63) is 40.7 Å². The van der Waals surface area contributed by atoms with Crippen LogP contribution < -0.4 is 15.0 Å². The lowest BCUT2D eigenvalue weighted by atomic mass is 10.0. The van der Waals surface area contributed by atoms with Crippen molar-refractivity contribution in [2.24, 2.45) is 0 Å². The van der Waals surface area contributed by atoms with E-state index in [0.717, 1.165) is 5.56 Å². The molecule has 0 radical (unpaired) electrons. The molecule has 2 aliphatic rings. The Balaban J connectivity index is 1.56. The van der Waals surface area contributed by atoms with Crippen LogP contribution in [-0.4, -0.2) is 72.3 Å². The highest BCUT2D eigenvalue weighted by atomic mass is 16.6. The summed E-state index contributed by atoms with van der Waals surface area (Å²) in [5.41, 5.74) is 1.78. The monoisotopic (exact) mass is 508 g/mol. The second-order valence-corrected chi connectivity index (χ2v) is 8.93. The number of hydrogen-bond donors (Lipinski definition) is 1. The fourth-order valence-corrected chi connectivity index (χ4v) is 4.28. The number of ether oxygens (including phenoxy) is 3. The van der Waals surface area contributed by atoms with E-state index in [0.29, 0.717) is 50.3 Å². The van der Waals surface area contributed by atoms with Crippen LogP contribution in [0.2, 0.25) is 0 Å². The van der Waals surface area contributed by atoms with Crippen molar-refractivity contribution in [1.82, 2.24) is 14.9 Å². The summed E-state index contributed by atoms with van der Waals surface area (Å²) in [6.45, 7) is 4.87. The van der Waals surface area contributed by atoms with Crippen LogP contribution in [0.5, 0.6) is 5.75 Å². The number of carbonyl (C=O) groups excluding carboxylic acids is 3. The molecule has 0 spiro atoms. The molecule has 12 nitrogen and oxygen atoms in total. The lowest BCUT2D eigenvalue weighted by Crippen LogP contribution is -2.40. The minimum Gasteiger partial charge on any atom is -0.487 e. The number of nitriles is 1. The van der Waals surface area contributed by atoms with Gasteiger partial charge in [0.25, 0.3) is 0 Å². The van der Waals surface area contributed by atoms with Gasteiger partial charge in [0.2, 0.25) is 0 Å². The first-order valence-corrected chi connectivity index (χ1v) is 11.9. The fourth-order valence-electron chi connectivity index (χ4n) is 4.28. The minimum atomic E-state index is -0.483. The van der Waals surface area contributed by atoms with Crippen LogP contribution in [0.1, 0.15) is 47.4 Å². The molecule has 0 saturated carbocycles. The molecule has 2 atom stereocenters. The molecular formula is C25H28N6O6. The highest BCUT2D eigenvalue weighted by Gasteiger charge is 2.32. The van der Waals surface area contributed by atoms with E-state index in [1.807, 2.05) is 19.1 Å². The summed E-state index contributed by atoms with van der Waals surface area (Å²) < 4.78 is 15.9. The smallest absolute Gasteiger partial charge is 0.410 e. The van der Waals surface area contributed by atoms with Crippen LogP contribution in [0.3, 0.4) is 0 Å². The maximum atomic E-state index is 13.2. The number of rotatable bonds is 8. The van der Waals surface area contributed by atoms with E-state index in [-0.39, 0.29) is 41.5 Å². The third kappa shape index (κ3) is 5.62. The van der Waals surface area contributed by atoms with Gasteiger partial charge in [0.1, 0.15) is 47.4 Å². The maximum absolute atomic E-state index is 13.2. The number of methoxy groups -OCH3 is 1. The molecule has 1 N–H and O–H groups in total. The van der Waals surface area contributed by atoms with E-state index in [2.05, 4.69) is 15.3 Å². The van der Waals surface area contributed by atoms with Gasteiger partial charge >= 0.3 is 12.1 Å². The molecule has 0 bridgehead atoms. The summed E-state index contributed by atoms with van der Waals surface area (Å²) in [5.74, 6) is 0.854. The Labute approximate surface area is 214 Å². The Bertz CT molecular complexity index is 1240. The zero-order valence-electron chi connectivity index (χ0n) is 20.9. The molecule has 1 saturated heterocycles. The highest BCUT2D eigenvalue weighted by Crippen LogP contribution is 2.30. The number of hydrogen-bond acceptors (Lipinski definition) is 9. The predicted molar refractivity (Wildman–Crippen MR) is 132 cm³/mol. The van der Waals surface area contributed by atoms with Crippen molar-refractivity contribution in [3.8, 4) is 11.8 Å². The van der Waals surface area contributed by atoms with Gasteiger partial charge in [-0.05, 0) is 38.3 Å². The first-order chi connectivity index (χ1) is 17.8. The van der Waals surface area contributed by atoms with Crippen LogP contribution in [0.4, 0.5) is 21.2 Å². The Morgan fingerprint density at radius 3 is 2.92 bits per heavy atom. The Kier molecular flexibility index (Phi) is 7.83. The summed E-state index contributed by atoms with van der Waals surface area (Å²) in [4.78, 5) is 48.8. The van der Waals surface area contributed by atoms with Gasteiger partial charge < -0.3 is 14.2 Å². The number of nitrogens with zero attached hydrogens (tertiary/aromatic N) is 5. The second kappa shape index (κ2) is 11.2. The van der Waals surface area contributed by atoms with Crippen molar-refractivity contribution >= 4 is 30.0 Å². The van der Waals surface area contributed by atoms with E-state index in [1.165, 1.54) is 17.2 Å². The number of aromatic nitrogens is 2. The van der Waals surface area contributed by atoms with E-state index in [4.69, 9.17) is 14.2 Å². The minimum absolute atomic E-state index is 0.114. The first kappa shape index (κ1) is 25.8. The number of fused-ring (bicyclic) bond motifs is 1. The number of aldehydes is 1. The molecule has 0 aromatic carbocycles. The van der Waals surface area contributed by atoms with Gasteiger partial charge in [-0.2, -0.15) is 5.26 Å². The number of amides is 3. The lowest BCUT2D eigenvalue weighted by Gasteiger charge is -2.29. The van der Waals surface area contributed by atoms with Crippen LogP contribution in [0.25, 0.3) is 0 Å². The molecule has 194 valence electrons. The zero-order chi connectivity index (χ0) is 26.5. The molecule has 0 unspecified atom stereocenters. The topological polar surface area (TPSA) is 147 Å². The highest BCUT2D eigenvalue weighted by molar-refractivity contribution is 6.01. The number of cyclic esters (lactones) is 1. The number of nitrogens with one attached hydrogen (secondary N) is 1. The van der Waals surface area contributed by atoms with Crippen molar-refractivity contribution in [3.63, 3.8) is 0 Å². The van der Waals surface area contributed by atoms with Crippen LogP contribution in [0.15, 0.2) is 18.3 Å². The molecule has 3 amide bonds. The number of pyridine rings is 2. The van der Waals surface area contributed by atoms with E-state index in [1.54, 1.807) is 18.9 Å². The summed E-state index contributed by atoms with van der Waals surface area (Å²) in [5, 5.41) is 12.1. The molecule has 37 heavy (non-hydrogen) atoms. The number of aryl methyl sites for hydroxylation is 1. The standard InChI is InChI=1S/C25H28N6O6/c1-15-13-36-25(34)31(15)11-18-7-17-5-4-6-30(23(17)28-20(18)12-32)24(33)29-22-8-21(19(9-26)10-27-22)37-16(2)14-35-3/h7-8,10,12,15-16H,4-6,11,13-14H2,1-3H3,(H,27,29,33)/t15-,16+/m1/s1. The molecule has 12 heteroatoms. The molecule has 2 aromatic rings. The SMILES string of the molecule is COC[C@H](C)Oc1cc(NC(=O)N2CCCc3cc(CN4C(=O)OC[C@H]4C)c(C=O)nc32)ncc1C#N. The van der Waals surface area contributed by atoms with Crippen LogP contribution in [0, 0.1) is 11.3 Å². The fraction of sp³-hybridized carbons (Fsp3) is 0.440. The van der Waals surface area contributed by atoms with Gasteiger partial charge in [0, 0.05) is 25.3 Å². The summed E-state index contributed by atoms with van der Waals surface area (Å²) >= 11 is 0. The summed E-state index contributed by atoms with van der Waals surface area (Å²) in [7, 11) is 1.55. The molecule has 2 aliphatic heterocycles. The first-order valence-electron chi connectivity index (χ1n) is 11.9. The third-order valence-corrected chi connectivity index (χ3v) is 6.14. The average molecular weight is 509 g/mol. The molecule has 4 heterocycles. The van der Waals surface area contributed by atoms with E-state index < -0.39 is 12.1 Å². The second-order valence-electron chi connectivity index (χ2n) is 8.93. The predicted octanol–water partition coefficient (Wildman–Crippen LogP) is 2.90. The van der Waals surface area contributed by atoms with Crippen molar-refractivity contribution in [1.29, 1.82) is 5.26 Å². The third-order valence-electron chi connectivity index (χ3n) is 6.14. The Morgan fingerprint density at radius 2 is 2.24 bits per heavy atom. The number of carbonyl (C=O) groups is 3. The molecular weight excluding hydrogens is 480 g/mol. The molecule has 2 aromatic heterocycles. The van der Waals surface area contributed by atoms with E-state index in [9.17, 15) is 19.6 Å². The van der Waals surface area contributed by atoms with Gasteiger partial charge in [-0.25, -0.2) is 19.6 Å². The number of anilines is 2. The quantitative estimate of drug-likeness (QED) is 0.532. The van der Waals surface area contributed by atoms with Gasteiger partial charge in [-0.3, -0.25) is 19.9 Å². The van der Waals surface area contributed by atoms with E-state index >= 15 is 0 Å². The van der Waals surface area contributed by atoms with Gasteiger partial charge in [0.15, 0.2) is 6.29 Å². The van der Waals surface area contributed by atoms with Crippen LogP contribution in [-0.2, 0) is 22.4 Å². The Morgan fingerprint density at radius 1 is 1.43 bits per heavy atom. The molecule has 4 rings (SSSR count). The zero-order valence-corrected chi connectivity index (χ0v) is 20.9. The molecule has 1 fully saturated rings. The summed E-state index contributed by atoms with van der Waals surface area (Å²) in [6, 6.07) is 4.73. The van der Waals surface area contributed by atoms with Crippen molar-refractivity contribution in [2.75, 3.05) is 37.1 Å². The van der Waals surface area contributed by atoms with Gasteiger partial charge in [0.05, 0.1) is 25.4 Å². The van der Waals surface area contributed by atoms with Gasteiger partial charge in [-0.1, -0.05) is 0 Å². The van der Waals surface area contributed by atoms with Gasteiger partial charge in [-0.15, -0.1) is 0 Å².